The zero-order chi connectivity index (χ0) is 19.0. The van der Waals surface area contributed by atoms with E-state index in [2.05, 4.69) is 57.9 Å². The van der Waals surface area contributed by atoms with Gasteiger partial charge in [-0.25, -0.2) is 0 Å². The number of nitrogens with zero attached hydrogens (tertiary/aromatic N) is 2. The van der Waals surface area contributed by atoms with Crippen LogP contribution in [-0.4, -0.2) is 0 Å². The van der Waals surface area contributed by atoms with Crippen LogP contribution in [0.2, 0.25) is 0 Å². The van der Waals surface area contributed by atoms with Crippen molar-refractivity contribution in [1.29, 1.82) is 10.5 Å². The molecule has 0 unspecified atom stereocenters. The predicted octanol–water partition coefficient (Wildman–Crippen LogP) is 5.85. The van der Waals surface area contributed by atoms with Crippen molar-refractivity contribution in [2.24, 2.45) is 11.8 Å². The first kappa shape index (κ1) is 20.0. The molecule has 126 valence electrons. The van der Waals surface area contributed by atoms with E-state index in [1.807, 2.05) is 13.0 Å². The van der Waals surface area contributed by atoms with Crippen LogP contribution in [0.15, 0.2) is 36.4 Å². The molecule has 0 spiro atoms. The lowest BCUT2D eigenvalue weighted by molar-refractivity contribution is 0.851. The summed E-state index contributed by atoms with van der Waals surface area (Å²) in [4.78, 5) is 0. The van der Waals surface area contributed by atoms with E-state index >= 15 is 0 Å². The molecule has 0 saturated heterocycles. The number of nitriles is 2. The second-order valence-electron chi connectivity index (χ2n) is 6.56. The Morgan fingerprint density at radius 1 is 0.840 bits per heavy atom. The molecule has 1 aromatic rings. The average molecular weight is 328 g/mol. The zero-order valence-corrected chi connectivity index (χ0v) is 15.6. The summed E-state index contributed by atoms with van der Waals surface area (Å²) in [5, 5.41) is 18.1. The second-order valence-corrected chi connectivity index (χ2v) is 6.56. The summed E-state index contributed by atoms with van der Waals surface area (Å²) in [6.45, 7) is 10.2. The minimum absolute atomic E-state index is 0.210. The highest BCUT2D eigenvalue weighted by Crippen LogP contribution is 2.32. The third-order valence-electron chi connectivity index (χ3n) is 4.04. The highest BCUT2D eigenvalue weighted by Gasteiger charge is 2.14. The molecular weight excluding hydrogens is 304 g/mol. The molecule has 1 aromatic carbocycles. The lowest BCUT2D eigenvalue weighted by atomic mass is 9.86. The Kier molecular flexibility index (Phi) is 7.46. The van der Waals surface area contributed by atoms with Crippen molar-refractivity contribution in [3.05, 3.63) is 53.1 Å². The van der Waals surface area contributed by atoms with Crippen molar-refractivity contribution >= 4 is 16.7 Å². The monoisotopic (exact) mass is 328 g/mol. The van der Waals surface area contributed by atoms with Gasteiger partial charge in [0.05, 0.1) is 12.1 Å². The van der Waals surface area contributed by atoms with Crippen molar-refractivity contribution in [1.82, 2.24) is 0 Å². The third kappa shape index (κ3) is 5.24. The van der Waals surface area contributed by atoms with Gasteiger partial charge in [0.15, 0.2) is 0 Å². The molecule has 0 atom stereocenters. The van der Waals surface area contributed by atoms with E-state index in [0.717, 1.165) is 33.4 Å². The number of hydrogen-bond acceptors (Lipinski definition) is 2. The summed E-state index contributed by atoms with van der Waals surface area (Å²) in [5.74, 6) is 3.10. The Balaban J connectivity index is 3.77. The van der Waals surface area contributed by atoms with Crippen LogP contribution < -0.4 is 0 Å². The van der Waals surface area contributed by atoms with Crippen molar-refractivity contribution in [3.63, 3.8) is 0 Å². The molecule has 0 aliphatic heterocycles. The summed E-state index contributed by atoms with van der Waals surface area (Å²) in [7, 11) is 0. The van der Waals surface area contributed by atoms with E-state index in [-0.39, 0.29) is 11.8 Å². The van der Waals surface area contributed by atoms with E-state index < -0.39 is 0 Å². The van der Waals surface area contributed by atoms with Gasteiger partial charge in [0.25, 0.3) is 0 Å². The molecule has 1 rings (SSSR count). The van der Waals surface area contributed by atoms with Crippen LogP contribution >= 0.6 is 0 Å². The molecular formula is C23H24N2. The molecule has 0 radical (unpaired) electrons. The molecule has 0 fully saturated rings. The fourth-order valence-electron chi connectivity index (χ4n) is 2.69. The van der Waals surface area contributed by atoms with Gasteiger partial charge in [0.1, 0.15) is 0 Å². The van der Waals surface area contributed by atoms with E-state index in [1.165, 1.54) is 6.08 Å². The van der Waals surface area contributed by atoms with Crippen LogP contribution in [-0.2, 0) is 0 Å². The zero-order valence-electron chi connectivity index (χ0n) is 15.6. The number of hydrogen-bond donors (Lipinski definition) is 0. The van der Waals surface area contributed by atoms with Gasteiger partial charge in [0, 0.05) is 12.2 Å². The van der Waals surface area contributed by atoms with Gasteiger partial charge in [-0.2, -0.15) is 10.5 Å². The molecule has 0 aliphatic carbocycles. The van der Waals surface area contributed by atoms with Crippen LogP contribution in [0.4, 0.5) is 0 Å². The van der Waals surface area contributed by atoms with Crippen LogP contribution in [0.1, 0.15) is 51.3 Å². The summed E-state index contributed by atoms with van der Waals surface area (Å²) in [6, 6.07) is 10.4. The van der Waals surface area contributed by atoms with Crippen LogP contribution in [0.5, 0.6) is 0 Å². The highest BCUT2D eigenvalue weighted by atomic mass is 14.2. The molecule has 2 heteroatoms. The lowest BCUT2D eigenvalue weighted by Gasteiger charge is -2.18. The Morgan fingerprint density at radius 2 is 1.28 bits per heavy atom. The smallest absolute Gasteiger partial charge is 0.0915 e. The summed E-state index contributed by atoms with van der Waals surface area (Å²) in [5.41, 5.74) is 5.89. The molecule has 0 N–H and O–H groups in total. The topological polar surface area (TPSA) is 47.6 Å². The summed E-state index contributed by atoms with van der Waals surface area (Å²) >= 11 is 0. The van der Waals surface area contributed by atoms with Gasteiger partial charge in [0.2, 0.25) is 0 Å². The second kappa shape index (κ2) is 9.32. The molecule has 0 saturated carbocycles. The van der Waals surface area contributed by atoms with Crippen molar-refractivity contribution in [2.75, 3.05) is 0 Å². The SMILES string of the molecule is C#C/C=C(/c1cc(/C(C)=C/C#N)cc(/C(=C/C#N)C(C)C)c1)C(C)C. The van der Waals surface area contributed by atoms with Gasteiger partial charge in [-0.05, 0) is 76.4 Å². The fraction of sp³-hybridized carbons (Fsp3) is 0.304. The normalized spacial score (nSPS) is 12.7. The Hall–Kier alpha value is -3.02. The molecule has 0 aliphatic rings. The maximum Gasteiger partial charge on any atom is 0.0915 e. The molecule has 0 heterocycles. The van der Waals surface area contributed by atoms with E-state index in [0.29, 0.717) is 0 Å². The minimum atomic E-state index is 0.210. The maximum atomic E-state index is 9.14. The predicted molar refractivity (Wildman–Crippen MR) is 106 cm³/mol. The number of benzene rings is 1. The van der Waals surface area contributed by atoms with Crippen LogP contribution in [0, 0.1) is 46.8 Å². The average Bonchev–Trinajstić information content (AvgIpc) is 2.56. The molecule has 0 amide bonds. The van der Waals surface area contributed by atoms with E-state index in [4.69, 9.17) is 16.9 Å². The van der Waals surface area contributed by atoms with E-state index in [9.17, 15) is 0 Å². The highest BCUT2D eigenvalue weighted by molar-refractivity contribution is 5.80. The van der Waals surface area contributed by atoms with Crippen LogP contribution in [0.3, 0.4) is 0 Å². The summed E-state index contributed by atoms with van der Waals surface area (Å²) in [6.07, 6.45) is 10.4. The van der Waals surface area contributed by atoms with Crippen LogP contribution in [0.25, 0.3) is 16.7 Å². The standard InChI is InChI=1S/C23H24N2/c1-7-8-22(16(2)3)20-13-19(18(6)9-11-24)14-21(15-20)23(10-12-25)17(4)5/h1,8-10,13-17H,2-6H3/b18-9+,22-8+,23-10+. The van der Waals surface area contributed by atoms with Gasteiger partial charge in [-0.3, -0.25) is 0 Å². The van der Waals surface area contributed by atoms with Crippen molar-refractivity contribution in [2.45, 2.75) is 34.6 Å². The Bertz CT molecular complexity index is 787. The first-order valence-electron chi connectivity index (χ1n) is 8.34. The molecule has 0 bridgehead atoms. The Labute approximate surface area is 151 Å². The maximum absolute atomic E-state index is 9.14. The van der Waals surface area contributed by atoms with Gasteiger partial charge in [-0.1, -0.05) is 33.6 Å². The lowest BCUT2D eigenvalue weighted by Crippen LogP contribution is -2.00. The van der Waals surface area contributed by atoms with Gasteiger partial charge in [-0.15, -0.1) is 6.42 Å². The van der Waals surface area contributed by atoms with Crippen molar-refractivity contribution < 1.29 is 0 Å². The molecule has 0 aromatic heterocycles. The number of terminal acetylenes is 1. The number of allylic oxidation sites excluding steroid dienone is 6. The van der Waals surface area contributed by atoms with Gasteiger partial charge < -0.3 is 0 Å². The van der Waals surface area contributed by atoms with Gasteiger partial charge >= 0.3 is 0 Å². The first-order valence-corrected chi connectivity index (χ1v) is 8.34. The Morgan fingerprint density at radius 3 is 1.68 bits per heavy atom. The third-order valence-corrected chi connectivity index (χ3v) is 4.04. The molecule has 25 heavy (non-hydrogen) atoms. The quantitative estimate of drug-likeness (QED) is 0.503. The van der Waals surface area contributed by atoms with E-state index in [1.54, 1.807) is 12.2 Å². The first-order chi connectivity index (χ1) is 11.8. The fourth-order valence-corrected chi connectivity index (χ4v) is 2.69. The number of rotatable bonds is 5. The minimum Gasteiger partial charge on any atom is -0.193 e. The summed E-state index contributed by atoms with van der Waals surface area (Å²) < 4.78 is 0. The largest absolute Gasteiger partial charge is 0.193 e. The van der Waals surface area contributed by atoms with Crippen molar-refractivity contribution in [3.8, 4) is 24.5 Å². The molecule has 2 nitrogen and oxygen atoms in total.